The van der Waals surface area contributed by atoms with Gasteiger partial charge in [-0.1, -0.05) is 13.8 Å². The maximum atomic E-state index is 3.95. The molecule has 2 heteroatoms. The van der Waals surface area contributed by atoms with Gasteiger partial charge < -0.3 is 0 Å². The van der Waals surface area contributed by atoms with Crippen LogP contribution in [0.5, 0.6) is 0 Å². The van der Waals surface area contributed by atoms with Gasteiger partial charge in [0.1, 0.15) is 0 Å². The first kappa shape index (κ1) is 10.6. The minimum atomic E-state index is 0.962. The van der Waals surface area contributed by atoms with Gasteiger partial charge in [0.05, 0.1) is 0 Å². The number of hydrogen-bond acceptors (Lipinski definition) is 2. The molecule has 0 aliphatic carbocycles. The van der Waals surface area contributed by atoms with Crippen molar-refractivity contribution in [1.29, 1.82) is 0 Å². The minimum absolute atomic E-state index is 0.962. The second-order valence-electron chi connectivity index (χ2n) is 0.801. The Kier molecular flexibility index (Phi) is 24.2. The van der Waals surface area contributed by atoms with E-state index in [1.54, 1.807) is 0 Å². The summed E-state index contributed by atoms with van der Waals surface area (Å²) < 4.78 is 0. The second-order valence-corrected chi connectivity index (χ2v) is 1.70. The third kappa shape index (κ3) is 20.3. The van der Waals surface area contributed by atoms with Gasteiger partial charge in [-0.3, -0.25) is 0 Å². The van der Waals surface area contributed by atoms with Gasteiger partial charge in [-0.25, -0.2) is 0 Å². The van der Waals surface area contributed by atoms with Crippen LogP contribution in [0.1, 0.15) is 20.3 Å². The molecule has 0 N–H and O–H groups in total. The molecule has 0 saturated heterocycles. The summed E-state index contributed by atoms with van der Waals surface area (Å²) in [6, 6.07) is 0. The van der Waals surface area contributed by atoms with Crippen molar-refractivity contribution in [1.82, 2.24) is 0 Å². The first-order valence-corrected chi connectivity index (χ1v) is 3.90. The Morgan fingerprint density at radius 3 is 1.29 bits per heavy atom. The van der Waals surface area contributed by atoms with Crippen molar-refractivity contribution in [2.75, 3.05) is 11.5 Å². The lowest BCUT2D eigenvalue weighted by atomic mass is 10.6. The fourth-order valence-electron chi connectivity index (χ4n) is 0.0707. The van der Waals surface area contributed by atoms with Gasteiger partial charge in [-0.05, 0) is 17.9 Å². The number of thiol groups is 2. The second kappa shape index (κ2) is 15.9. The molecule has 0 aromatic carbocycles. The number of rotatable bonds is 2. The average Bonchev–Trinajstić information content (AvgIpc) is 1.75. The highest BCUT2D eigenvalue weighted by molar-refractivity contribution is 7.81. The van der Waals surface area contributed by atoms with Crippen LogP contribution in [0.4, 0.5) is 0 Å². The molecule has 0 nitrogen and oxygen atoms in total. The Balaban J connectivity index is 0. The van der Waals surface area contributed by atoms with Gasteiger partial charge in [0.2, 0.25) is 0 Å². The summed E-state index contributed by atoms with van der Waals surface area (Å²) in [7, 11) is 0. The van der Waals surface area contributed by atoms with E-state index in [-0.39, 0.29) is 0 Å². The summed E-state index contributed by atoms with van der Waals surface area (Å²) in [5, 5.41) is 0. The van der Waals surface area contributed by atoms with Gasteiger partial charge >= 0.3 is 0 Å². The SMILES string of the molecule is CC.SCCCS. The molecule has 0 amide bonds. The van der Waals surface area contributed by atoms with E-state index < -0.39 is 0 Å². The largest absolute Gasteiger partial charge is 0.179 e. The van der Waals surface area contributed by atoms with Crippen LogP contribution in [-0.4, -0.2) is 11.5 Å². The standard InChI is InChI=1S/C3H8S2.C2H6/c4-2-1-3-5;1-2/h4-5H,1-3H2;1-2H3. The van der Waals surface area contributed by atoms with Crippen molar-refractivity contribution in [3.63, 3.8) is 0 Å². The summed E-state index contributed by atoms with van der Waals surface area (Å²) in [5.74, 6) is 1.92. The summed E-state index contributed by atoms with van der Waals surface area (Å²) >= 11 is 7.90. The molecule has 7 heavy (non-hydrogen) atoms. The predicted molar refractivity (Wildman–Crippen MR) is 43.7 cm³/mol. The number of hydrogen-bond donors (Lipinski definition) is 2. The molecule has 46 valence electrons. The van der Waals surface area contributed by atoms with Crippen LogP contribution >= 0.6 is 25.3 Å². The van der Waals surface area contributed by atoms with E-state index in [2.05, 4.69) is 25.3 Å². The highest BCUT2D eigenvalue weighted by Crippen LogP contribution is 1.83. The molecule has 0 radical (unpaired) electrons. The topological polar surface area (TPSA) is 0 Å². The molecular weight excluding hydrogens is 124 g/mol. The van der Waals surface area contributed by atoms with Gasteiger partial charge in [0, 0.05) is 0 Å². The van der Waals surface area contributed by atoms with Gasteiger partial charge in [-0.15, -0.1) is 0 Å². The van der Waals surface area contributed by atoms with Crippen LogP contribution in [0.2, 0.25) is 0 Å². The molecule has 0 heterocycles. The predicted octanol–water partition coefficient (Wildman–Crippen LogP) is 2.26. The third-order valence-electron chi connectivity index (χ3n) is 0.316. The maximum absolute atomic E-state index is 3.95. The lowest BCUT2D eigenvalue weighted by Crippen LogP contribution is -1.71. The first-order valence-electron chi connectivity index (χ1n) is 2.63. The lowest BCUT2D eigenvalue weighted by molar-refractivity contribution is 1.14. The Bertz CT molecular complexity index is 13.6. The zero-order chi connectivity index (χ0) is 6.12. The average molecular weight is 138 g/mol. The van der Waals surface area contributed by atoms with Gasteiger partial charge in [-0.2, -0.15) is 25.3 Å². The van der Waals surface area contributed by atoms with Gasteiger partial charge in [0.15, 0.2) is 0 Å². The zero-order valence-electron chi connectivity index (χ0n) is 5.02. The summed E-state index contributed by atoms with van der Waals surface area (Å²) in [6.07, 6.45) is 1.12. The minimum Gasteiger partial charge on any atom is -0.179 e. The molecule has 0 aromatic heterocycles. The van der Waals surface area contributed by atoms with E-state index in [1.807, 2.05) is 13.8 Å². The molecule has 0 atom stereocenters. The summed E-state index contributed by atoms with van der Waals surface area (Å²) in [4.78, 5) is 0. The lowest BCUT2D eigenvalue weighted by Gasteiger charge is -1.78. The van der Waals surface area contributed by atoms with Crippen LogP contribution in [0.25, 0.3) is 0 Å². The summed E-state index contributed by atoms with van der Waals surface area (Å²) in [5.41, 5.74) is 0. The Morgan fingerprint density at radius 2 is 1.29 bits per heavy atom. The molecule has 0 bridgehead atoms. The molecule has 0 unspecified atom stereocenters. The van der Waals surface area contributed by atoms with Crippen molar-refractivity contribution in [3.8, 4) is 0 Å². The van der Waals surface area contributed by atoms with Gasteiger partial charge in [0.25, 0.3) is 0 Å². The molecule has 0 aliphatic rings. The summed E-state index contributed by atoms with van der Waals surface area (Å²) in [6.45, 7) is 4.00. The van der Waals surface area contributed by atoms with E-state index in [4.69, 9.17) is 0 Å². The van der Waals surface area contributed by atoms with E-state index in [1.165, 1.54) is 0 Å². The Labute approximate surface area is 57.5 Å². The fraction of sp³-hybridized carbons (Fsp3) is 1.00. The molecule has 0 saturated carbocycles. The van der Waals surface area contributed by atoms with Crippen LogP contribution < -0.4 is 0 Å². The Morgan fingerprint density at radius 1 is 1.00 bits per heavy atom. The van der Waals surface area contributed by atoms with Crippen molar-refractivity contribution in [3.05, 3.63) is 0 Å². The van der Waals surface area contributed by atoms with Crippen LogP contribution in [-0.2, 0) is 0 Å². The van der Waals surface area contributed by atoms with Crippen LogP contribution in [0.15, 0.2) is 0 Å². The van der Waals surface area contributed by atoms with Crippen molar-refractivity contribution < 1.29 is 0 Å². The molecule has 0 spiro atoms. The van der Waals surface area contributed by atoms with Crippen molar-refractivity contribution >= 4 is 25.3 Å². The smallest absolute Gasteiger partial charge is 0.00901 e. The van der Waals surface area contributed by atoms with Crippen LogP contribution in [0.3, 0.4) is 0 Å². The van der Waals surface area contributed by atoms with Crippen LogP contribution in [0, 0.1) is 0 Å². The van der Waals surface area contributed by atoms with E-state index in [0.29, 0.717) is 0 Å². The molecule has 0 rings (SSSR count). The van der Waals surface area contributed by atoms with E-state index >= 15 is 0 Å². The zero-order valence-corrected chi connectivity index (χ0v) is 6.80. The van der Waals surface area contributed by atoms with Crippen molar-refractivity contribution in [2.45, 2.75) is 20.3 Å². The maximum Gasteiger partial charge on any atom is -0.00901 e. The quantitative estimate of drug-likeness (QED) is 0.537. The molecule has 0 fully saturated rings. The molecule has 0 aliphatic heterocycles. The molecule has 0 aromatic rings. The monoisotopic (exact) mass is 138 g/mol. The molecular formula is C5H14S2. The first-order chi connectivity index (χ1) is 3.41. The highest BCUT2D eigenvalue weighted by Gasteiger charge is 1.69. The normalized spacial score (nSPS) is 6.86. The highest BCUT2D eigenvalue weighted by atomic mass is 32.1. The fourth-order valence-corrected chi connectivity index (χ4v) is 0.636. The third-order valence-corrected chi connectivity index (χ3v) is 0.949. The van der Waals surface area contributed by atoms with E-state index in [0.717, 1.165) is 17.9 Å². The Hall–Kier alpha value is 0.700. The van der Waals surface area contributed by atoms with E-state index in [9.17, 15) is 0 Å². The van der Waals surface area contributed by atoms with Crippen molar-refractivity contribution in [2.24, 2.45) is 0 Å².